The Morgan fingerprint density at radius 3 is 2.89 bits per heavy atom. The van der Waals surface area contributed by atoms with E-state index in [0.717, 1.165) is 5.39 Å². The van der Waals surface area contributed by atoms with Gasteiger partial charge in [0, 0.05) is 5.39 Å². The highest BCUT2D eigenvalue weighted by Gasteiger charge is 2.17. The minimum Gasteiger partial charge on any atom is -0.334 e. The Morgan fingerprint density at radius 1 is 1.22 bits per heavy atom. The van der Waals surface area contributed by atoms with Crippen molar-refractivity contribution in [2.45, 2.75) is 5.03 Å². The minimum atomic E-state index is -3.66. The number of para-hydroxylation sites is 1. The van der Waals surface area contributed by atoms with Crippen LogP contribution >= 0.6 is 0 Å². The number of hydrogen-bond acceptors (Lipinski definition) is 4. The van der Waals surface area contributed by atoms with Gasteiger partial charge in [-0.25, -0.2) is 4.98 Å². The standard InChI is InChI=1S/C10H9N5O2S/c16-18(17,9-5-11-6-12-9)15-8-3-1-2-7-4-13-14-10(7)8/h1-6,15H,(H,11,12)(H,13,14). The van der Waals surface area contributed by atoms with Crippen LogP contribution in [-0.2, 0) is 10.0 Å². The van der Waals surface area contributed by atoms with Crippen molar-refractivity contribution in [1.29, 1.82) is 0 Å². The number of aromatic amines is 2. The van der Waals surface area contributed by atoms with E-state index < -0.39 is 10.0 Å². The van der Waals surface area contributed by atoms with Crippen molar-refractivity contribution in [3.05, 3.63) is 36.9 Å². The van der Waals surface area contributed by atoms with Gasteiger partial charge in [-0.1, -0.05) is 12.1 Å². The van der Waals surface area contributed by atoms with E-state index in [1.165, 1.54) is 12.5 Å². The van der Waals surface area contributed by atoms with Gasteiger partial charge in [-0.15, -0.1) is 0 Å². The second-order valence-electron chi connectivity index (χ2n) is 3.66. The molecule has 0 saturated heterocycles. The quantitative estimate of drug-likeness (QED) is 0.658. The zero-order valence-corrected chi connectivity index (χ0v) is 9.90. The molecule has 7 nitrogen and oxygen atoms in total. The van der Waals surface area contributed by atoms with Gasteiger partial charge in [-0.05, 0) is 6.07 Å². The first kappa shape index (κ1) is 10.8. The number of anilines is 1. The van der Waals surface area contributed by atoms with E-state index in [-0.39, 0.29) is 5.03 Å². The van der Waals surface area contributed by atoms with Crippen LogP contribution in [0.5, 0.6) is 0 Å². The molecule has 2 aromatic heterocycles. The molecule has 0 saturated carbocycles. The van der Waals surface area contributed by atoms with Crippen molar-refractivity contribution >= 4 is 26.6 Å². The highest BCUT2D eigenvalue weighted by Crippen LogP contribution is 2.22. The van der Waals surface area contributed by atoms with E-state index in [1.807, 2.05) is 6.07 Å². The zero-order valence-electron chi connectivity index (χ0n) is 9.08. The highest BCUT2D eigenvalue weighted by molar-refractivity contribution is 7.92. The van der Waals surface area contributed by atoms with Gasteiger partial charge in [0.05, 0.1) is 29.9 Å². The van der Waals surface area contributed by atoms with Crippen LogP contribution in [0.25, 0.3) is 10.9 Å². The molecule has 3 N–H and O–H groups in total. The molecule has 8 heteroatoms. The summed E-state index contributed by atoms with van der Waals surface area (Å²) in [7, 11) is -3.66. The predicted molar refractivity (Wildman–Crippen MR) is 65.5 cm³/mol. The molecular weight excluding hydrogens is 254 g/mol. The molecular formula is C10H9N5O2S. The molecule has 18 heavy (non-hydrogen) atoms. The van der Waals surface area contributed by atoms with Crippen molar-refractivity contribution in [2.75, 3.05) is 4.72 Å². The molecule has 0 amide bonds. The van der Waals surface area contributed by atoms with Gasteiger partial charge >= 0.3 is 0 Å². The fourth-order valence-electron chi connectivity index (χ4n) is 1.64. The number of fused-ring (bicyclic) bond motifs is 1. The van der Waals surface area contributed by atoms with Crippen LogP contribution in [0.4, 0.5) is 5.69 Å². The van der Waals surface area contributed by atoms with Crippen LogP contribution in [0, 0.1) is 0 Å². The summed E-state index contributed by atoms with van der Waals surface area (Å²) in [6.07, 6.45) is 4.18. The molecule has 0 spiro atoms. The van der Waals surface area contributed by atoms with E-state index >= 15 is 0 Å². The number of nitrogens with zero attached hydrogens (tertiary/aromatic N) is 2. The molecule has 0 aliphatic carbocycles. The lowest BCUT2D eigenvalue weighted by atomic mass is 10.2. The van der Waals surface area contributed by atoms with Crippen LogP contribution in [0.2, 0.25) is 0 Å². The van der Waals surface area contributed by atoms with Gasteiger partial charge in [0.1, 0.15) is 0 Å². The summed E-state index contributed by atoms with van der Waals surface area (Å²) >= 11 is 0. The molecule has 0 radical (unpaired) electrons. The molecule has 0 bridgehead atoms. The van der Waals surface area contributed by atoms with Gasteiger partial charge in [0.15, 0.2) is 5.03 Å². The molecule has 2 heterocycles. The largest absolute Gasteiger partial charge is 0.334 e. The Balaban J connectivity index is 2.05. The van der Waals surface area contributed by atoms with Crippen LogP contribution < -0.4 is 4.72 Å². The smallest absolute Gasteiger partial charge is 0.279 e. The highest BCUT2D eigenvalue weighted by atomic mass is 32.2. The second kappa shape index (κ2) is 3.84. The summed E-state index contributed by atoms with van der Waals surface area (Å²) in [5, 5.41) is 7.47. The van der Waals surface area contributed by atoms with Crippen molar-refractivity contribution in [3.63, 3.8) is 0 Å². The van der Waals surface area contributed by atoms with Gasteiger partial charge in [-0.2, -0.15) is 13.5 Å². The molecule has 3 rings (SSSR count). The molecule has 92 valence electrons. The Kier molecular flexibility index (Phi) is 2.30. The Morgan fingerprint density at radius 2 is 2.11 bits per heavy atom. The first-order valence-corrected chi connectivity index (χ1v) is 6.58. The van der Waals surface area contributed by atoms with E-state index in [4.69, 9.17) is 0 Å². The number of benzene rings is 1. The minimum absolute atomic E-state index is 0.0130. The van der Waals surface area contributed by atoms with Crippen LogP contribution in [0.15, 0.2) is 41.9 Å². The van der Waals surface area contributed by atoms with Crippen molar-refractivity contribution in [1.82, 2.24) is 20.2 Å². The van der Waals surface area contributed by atoms with Crippen molar-refractivity contribution < 1.29 is 8.42 Å². The summed E-state index contributed by atoms with van der Waals surface area (Å²) in [5.41, 5.74) is 1.08. The summed E-state index contributed by atoms with van der Waals surface area (Å²) in [6.45, 7) is 0. The maximum atomic E-state index is 12.0. The monoisotopic (exact) mass is 263 g/mol. The Bertz CT molecular complexity index is 776. The molecule has 0 unspecified atom stereocenters. The third-order valence-corrected chi connectivity index (χ3v) is 3.77. The lowest BCUT2D eigenvalue weighted by Crippen LogP contribution is -2.13. The van der Waals surface area contributed by atoms with Gasteiger partial charge in [0.2, 0.25) is 0 Å². The number of nitrogens with one attached hydrogen (secondary N) is 3. The fourth-order valence-corrected chi connectivity index (χ4v) is 2.62. The number of imidazole rings is 1. The van der Waals surface area contributed by atoms with E-state index in [2.05, 4.69) is 24.9 Å². The van der Waals surface area contributed by atoms with Crippen LogP contribution in [0.1, 0.15) is 0 Å². The summed E-state index contributed by atoms with van der Waals surface area (Å²) in [6, 6.07) is 5.25. The number of sulfonamides is 1. The van der Waals surface area contributed by atoms with E-state index in [1.54, 1.807) is 18.3 Å². The topological polar surface area (TPSA) is 104 Å². The van der Waals surface area contributed by atoms with Gasteiger partial charge < -0.3 is 4.98 Å². The average Bonchev–Trinajstić information content (AvgIpc) is 3.00. The molecule has 0 fully saturated rings. The molecule has 1 aromatic carbocycles. The van der Waals surface area contributed by atoms with E-state index in [0.29, 0.717) is 11.2 Å². The van der Waals surface area contributed by atoms with Crippen LogP contribution in [-0.4, -0.2) is 28.6 Å². The summed E-state index contributed by atoms with van der Waals surface area (Å²) in [5.74, 6) is 0. The second-order valence-corrected chi connectivity index (χ2v) is 5.31. The number of hydrogen-bond donors (Lipinski definition) is 3. The normalized spacial score (nSPS) is 11.8. The fraction of sp³-hybridized carbons (Fsp3) is 0. The average molecular weight is 263 g/mol. The first-order chi connectivity index (χ1) is 8.67. The molecule has 3 aromatic rings. The van der Waals surface area contributed by atoms with Gasteiger partial charge in [0.25, 0.3) is 10.0 Å². The maximum absolute atomic E-state index is 12.0. The number of rotatable bonds is 3. The lowest BCUT2D eigenvalue weighted by molar-refractivity contribution is 0.598. The summed E-state index contributed by atoms with van der Waals surface area (Å²) < 4.78 is 26.5. The van der Waals surface area contributed by atoms with Crippen molar-refractivity contribution in [2.24, 2.45) is 0 Å². The number of aromatic nitrogens is 4. The summed E-state index contributed by atoms with van der Waals surface area (Å²) in [4.78, 5) is 6.24. The first-order valence-electron chi connectivity index (χ1n) is 5.10. The third kappa shape index (κ3) is 1.72. The molecule has 0 atom stereocenters. The van der Waals surface area contributed by atoms with E-state index in [9.17, 15) is 8.42 Å². The lowest BCUT2D eigenvalue weighted by Gasteiger charge is -2.06. The molecule has 0 aliphatic heterocycles. The SMILES string of the molecule is O=S(=O)(Nc1cccc2cn[nH]c12)c1cnc[nH]1. The zero-order chi connectivity index (χ0) is 12.6. The Labute approximate surface area is 102 Å². The number of H-pyrrole nitrogens is 2. The van der Waals surface area contributed by atoms with Crippen LogP contribution in [0.3, 0.4) is 0 Å². The third-order valence-electron chi connectivity index (χ3n) is 2.48. The van der Waals surface area contributed by atoms with Gasteiger partial charge in [-0.3, -0.25) is 9.82 Å². The Hall–Kier alpha value is -2.35. The predicted octanol–water partition coefficient (Wildman–Crippen LogP) is 1.09. The molecule has 0 aliphatic rings. The van der Waals surface area contributed by atoms with Crippen molar-refractivity contribution in [3.8, 4) is 0 Å². The maximum Gasteiger partial charge on any atom is 0.279 e.